The van der Waals surface area contributed by atoms with E-state index in [2.05, 4.69) is 15.5 Å². The molecule has 2 aromatic heterocycles. The van der Waals surface area contributed by atoms with E-state index in [1.807, 2.05) is 24.0 Å². The lowest BCUT2D eigenvalue weighted by atomic mass is 10.2. The van der Waals surface area contributed by atoms with Gasteiger partial charge in [0.05, 0.1) is 16.7 Å². The summed E-state index contributed by atoms with van der Waals surface area (Å²) in [5, 5.41) is 11.6. The molecule has 3 heterocycles. The fraction of sp³-hybridized carbons (Fsp3) is 0.467. The number of carbonyl (C=O) groups is 2. The number of thiophene rings is 1. The molecule has 1 unspecified atom stereocenters. The zero-order chi connectivity index (χ0) is 17.1. The molecule has 0 aliphatic carbocycles. The number of amides is 2. The first kappa shape index (κ1) is 17.4. The van der Waals surface area contributed by atoms with Gasteiger partial charge in [-0.2, -0.15) is 0 Å². The van der Waals surface area contributed by atoms with Gasteiger partial charge in [0, 0.05) is 18.5 Å². The highest BCUT2D eigenvalue weighted by atomic mass is 32.2. The molecule has 0 spiro atoms. The minimum atomic E-state index is -0.0793. The largest absolute Gasteiger partial charge is 0.354 e. The minimum absolute atomic E-state index is 0.0793. The highest BCUT2D eigenvalue weighted by Gasteiger charge is 2.31. The van der Waals surface area contributed by atoms with Crippen LogP contribution < -0.4 is 5.32 Å². The summed E-state index contributed by atoms with van der Waals surface area (Å²) in [6.45, 7) is 2.67. The minimum Gasteiger partial charge on any atom is -0.354 e. The van der Waals surface area contributed by atoms with Gasteiger partial charge < -0.3 is 10.2 Å². The van der Waals surface area contributed by atoms with Crippen molar-refractivity contribution in [2.75, 3.05) is 19.3 Å². The second kappa shape index (κ2) is 7.62. The summed E-state index contributed by atoms with van der Waals surface area (Å²) in [7, 11) is 1.62. The predicted octanol–water partition coefficient (Wildman–Crippen LogP) is 2.72. The van der Waals surface area contributed by atoms with Crippen LogP contribution in [0.25, 0.3) is 0 Å². The zero-order valence-corrected chi connectivity index (χ0v) is 15.9. The Kier molecular flexibility index (Phi) is 5.52. The fourth-order valence-electron chi connectivity index (χ4n) is 2.68. The monoisotopic (exact) mass is 382 g/mol. The van der Waals surface area contributed by atoms with Gasteiger partial charge in [-0.15, -0.1) is 21.5 Å². The molecule has 1 N–H and O–H groups in total. The van der Waals surface area contributed by atoms with Crippen molar-refractivity contribution < 1.29 is 9.59 Å². The first-order chi connectivity index (χ1) is 11.6. The highest BCUT2D eigenvalue weighted by molar-refractivity contribution is 8.01. The first-order valence-electron chi connectivity index (χ1n) is 7.62. The molecule has 128 valence electrons. The van der Waals surface area contributed by atoms with E-state index >= 15 is 0 Å². The number of nitrogens with one attached hydrogen (secondary N) is 1. The van der Waals surface area contributed by atoms with Crippen molar-refractivity contribution in [1.29, 1.82) is 0 Å². The van der Waals surface area contributed by atoms with Crippen molar-refractivity contribution in [3.63, 3.8) is 0 Å². The van der Waals surface area contributed by atoms with Crippen molar-refractivity contribution in [3.8, 4) is 0 Å². The van der Waals surface area contributed by atoms with Gasteiger partial charge in [-0.05, 0) is 31.9 Å². The molecule has 0 bridgehead atoms. The predicted molar refractivity (Wildman–Crippen MR) is 96.8 cm³/mol. The lowest BCUT2D eigenvalue weighted by Crippen LogP contribution is -2.31. The van der Waals surface area contributed by atoms with Crippen molar-refractivity contribution in [3.05, 3.63) is 26.9 Å². The summed E-state index contributed by atoms with van der Waals surface area (Å²) in [6, 6.07) is 3.88. The van der Waals surface area contributed by atoms with Crippen molar-refractivity contribution >= 4 is 46.2 Å². The molecule has 0 saturated carbocycles. The topological polar surface area (TPSA) is 75.2 Å². The zero-order valence-electron chi connectivity index (χ0n) is 13.4. The maximum atomic E-state index is 12.6. The van der Waals surface area contributed by atoms with Crippen LogP contribution in [0.2, 0.25) is 0 Å². The third kappa shape index (κ3) is 3.79. The SMILES string of the molecule is CNC(=O)c1ccc(C2CCCN2C(=O)CSc2nnc(C)s2)s1. The van der Waals surface area contributed by atoms with E-state index in [0.29, 0.717) is 10.6 Å². The number of hydrogen-bond acceptors (Lipinski definition) is 7. The lowest BCUT2D eigenvalue weighted by molar-refractivity contribution is -0.129. The van der Waals surface area contributed by atoms with E-state index < -0.39 is 0 Å². The molecule has 24 heavy (non-hydrogen) atoms. The number of rotatable bonds is 5. The molecule has 0 radical (unpaired) electrons. The lowest BCUT2D eigenvalue weighted by Gasteiger charge is -2.23. The third-order valence-corrected chi connectivity index (χ3v) is 6.95. The molecule has 2 amide bonds. The van der Waals surface area contributed by atoms with E-state index in [1.54, 1.807) is 7.05 Å². The van der Waals surface area contributed by atoms with Crippen LogP contribution in [0.15, 0.2) is 16.5 Å². The van der Waals surface area contributed by atoms with Gasteiger partial charge in [0.25, 0.3) is 5.91 Å². The Bertz CT molecular complexity index is 743. The van der Waals surface area contributed by atoms with E-state index in [-0.39, 0.29) is 17.9 Å². The Labute approximate surface area is 152 Å². The summed E-state index contributed by atoms with van der Waals surface area (Å²) in [5.74, 6) is 0.410. The number of thioether (sulfide) groups is 1. The van der Waals surface area contributed by atoms with Gasteiger partial charge in [0.15, 0.2) is 4.34 Å². The standard InChI is InChI=1S/C15H18N4O2S3/c1-9-17-18-15(23-9)22-8-13(20)19-7-3-4-10(19)11-5-6-12(24-11)14(21)16-2/h5-6,10H,3-4,7-8H2,1-2H3,(H,16,21). The van der Waals surface area contributed by atoms with Crippen molar-refractivity contribution in [2.45, 2.75) is 30.1 Å². The molecule has 3 rings (SSSR count). The fourth-order valence-corrected chi connectivity index (χ4v) is 5.48. The summed E-state index contributed by atoms with van der Waals surface area (Å²) < 4.78 is 0.828. The number of nitrogens with zero attached hydrogens (tertiary/aromatic N) is 3. The average molecular weight is 383 g/mol. The van der Waals surface area contributed by atoms with Gasteiger partial charge in [0.2, 0.25) is 5.91 Å². The van der Waals surface area contributed by atoms with Crippen LogP contribution in [0.5, 0.6) is 0 Å². The molecule has 1 aliphatic rings. The quantitative estimate of drug-likeness (QED) is 0.805. The van der Waals surface area contributed by atoms with Crippen LogP contribution in [0, 0.1) is 6.92 Å². The van der Waals surface area contributed by atoms with Gasteiger partial charge in [-0.25, -0.2) is 0 Å². The Morgan fingerprint density at radius 3 is 2.92 bits per heavy atom. The summed E-state index contributed by atoms with van der Waals surface area (Å²) in [6.07, 6.45) is 1.94. The van der Waals surface area contributed by atoms with Crippen LogP contribution in [-0.2, 0) is 4.79 Å². The van der Waals surface area contributed by atoms with Crippen LogP contribution in [0.1, 0.15) is 38.4 Å². The molecular weight excluding hydrogens is 364 g/mol. The van der Waals surface area contributed by atoms with E-state index in [4.69, 9.17) is 0 Å². The normalized spacial score (nSPS) is 17.2. The maximum absolute atomic E-state index is 12.6. The molecule has 2 aromatic rings. The number of aryl methyl sites for hydroxylation is 1. The number of likely N-dealkylation sites (tertiary alicyclic amines) is 1. The van der Waals surface area contributed by atoms with E-state index in [9.17, 15) is 9.59 Å². The first-order valence-corrected chi connectivity index (χ1v) is 10.2. The summed E-state index contributed by atoms with van der Waals surface area (Å²) in [4.78, 5) is 28.0. The number of hydrogen-bond donors (Lipinski definition) is 1. The van der Waals surface area contributed by atoms with Crippen LogP contribution in [0.4, 0.5) is 0 Å². The molecule has 1 atom stereocenters. The molecule has 6 nitrogen and oxygen atoms in total. The molecule has 1 fully saturated rings. The molecule has 1 aliphatic heterocycles. The van der Waals surface area contributed by atoms with Crippen LogP contribution in [0.3, 0.4) is 0 Å². The average Bonchev–Trinajstić information content (AvgIpc) is 3.31. The third-order valence-electron chi connectivity index (χ3n) is 3.81. The van der Waals surface area contributed by atoms with E-state index in [1.165, 1.54) is 34.4 Å². The number of aromatic nitrogens is 2. The Balaban J connectivity index is 1.65. The molecule has 0 aromatic carbocycles. The molecular formula is C15H18N4O2S3. The van der Waals surface area contributed by atoms with Gasteiger partial charge >= 0.3 is 0 Å². The second-order valence-electron chi connectivity index (χ2n) is 5.40. The second-order valence-corrected chi connectivity index (χ2v) is 8.92. The van der Waals surface area contributed by atoms with Crippen molar-refractivity contribution in [2.24, 2.45) is 0 Å². The van der Waals surface area contributed by atoms with Crippen LogP contribution in [-0.4, -0.2) is 46.3 Å². The smallest absolute Gasteiger partial charge is 0.261 e. The molecule has 9 heteroatoms. The number of carbonyl (C=O) groups excluding carboxylic acids is 2. The van der Waals surface area contributed by atoms with Gasteiger partial charge in [0.1, 0.15) is 5.01 Å². The Morgan fingerprint density at radius 1 is 1.38 bits per heavy atom. The Hall–Kier alpha value is -1.45. The van der Waals surface area contributed by atoms with Crippen molar-refractivity contribution in [1.82, 2.24) is 20.4 Å². The van der Waals surface area contributed by atoms with Gasteiger partial charge in [-0.1, -0.05) is 23.1 Å². The van der Waals surface area contributed by atoms with Gasteiger partial charge in [-0.3, -0.25) is 9.59 Å². The highest BCUT2D eigenvalue weighted by Crippen LogP contribution is 2.36. The summed E-state index contributed by atoms with van der Waals surface area (Å²) in [5.41, 5.74) is 0. The Morgan fingerprint density at radius 2 is 2.21 bits per heavy atom. The summed E-state index contributed by atoms with van der Waals surface area (Å²) >= 11 is 4.42. The maximum Gasteiger partial charge on any atom is 0.261 e. The van der Waals surface area contributed by atoms with E-state index in [0.717, 1.165) is 33.6 Å². The molecule has 1 saturated heterocycles. The van der Waals surface area contributed by atoms with Crippen LogP contribution >= 0.6 is 34.4 Å².